The van der Waals surface area contributed by atoms with Gasteiger partial charge in [-0.05, 0) is 88.0 Å². The molecule has 2 aromatic heterocycles. The second-order valence-corrected chi connectivity index (χ2v) is 13.0. The van der Waals surface area contributed by atoms with Crippen LogP contribution in [0.5, 0.6) is 0 Å². The zero-order valence-corrected chi connectivity index (χ0v) is 27.4. The molecule has 0 radical (unpaired) electrons. The molecule has 0 aliphatic heterocycles. The van der Waals surface area contributed by atoms with Gasteiger partial charge in [0.25, 0.3) is 0 Å². The van der Waals surface area contributed by atoms with E-state index in [1.807, 2.05) is 0 Å². The summed E-state index contributed by atoms with van der Waals surface area (Å²) in [5, 5.41) is 5.04. The largest absolute Gasteiger partial charge is 0.309 e. The maximum absolute atomic E-state index is 2.40. The highest BCUT2D eigenvalue weighted by Gasteiger charge is 2.16. The Hall–Kier alpha value is -6.64. The number of aromatic nitrogens is 2. The van der Waals surface area contributed by atoms with Gasteiger partial charge in [0.1, 0.15) is 0 Å². The summed E-state index contributed by atoms with van der Waals surface area (Å²) in [7, 11) is 0. The van der Waals surface area contributed by atoms with Gasteiger partial charge in [-0.3, -0.25) is 0 Å². The van der Waals surface area contributed by atoms with Gasteiger partial charge >= 0.3 is 0 Å². The zero-order valence-electron chi connectivity index (χ0n) is 27.4. The lowest BCUT2D eigenvalue weighted by Crippen LogP contribution is -1.94. The quantitative estimate of drug-likeness (QED) is 0.178. The van der Waals surface area contributed by atoms with Gasteiger partial charge in [0.2, 0.25) is 0 Å². The van der Waals surface area contributed by atoms with E-state index in [4.69, 9.17) is 0 Å². The summed E-state index contributed by atoms with van der Waals surface area (Å²) in [5.74, 6) is 0. The molecule has 8 aromatic carbocycles. The highest BCUT2D eigenvalue weighted by molar-refractivity contribution is 6.11. The number of fused-ring (bicyclic) bond motifs is 6. The Labute approximate surface area is 290 Å². The summed E-state index contributed by atoms with van der Waals surface area (Å²) >= 11 is 0. The Morgan fingerprint density at radius 1 is 0.220 bits per heavy atom. The van der Waals surface area contributed by atoms with E-state index in [0.717, 1.165) is 11.4 Å². The molecule has 0 amide bonds. The van der Waals surface area contributed by atoms with E-state index in [0.29, 0.717) is 0 Å². The van der Waals surface area contributed by atoms with Gasteiger partial charge < -0.3 is 9.13 Å². The predicted molar refractivity (Wildman–Crippen MR) is 211 cm³/mol. The molecule has 2 heterocycles. The van der Waals surface area contributed by atoms with Crippen LogP contribution in [-0.2, 0) is 0 Å². The van der Waals surface area contributed by atoms with Crippen molar-refractivity contribution in [1.82, 2.24) is 9.13 Å². The molecule has 0 spiro atoms. The molecular weight excluding hydrogens is 605 g/mol. The smallest absolute Gasteiger partial charge is 0.0547 e. The van der Waals surface area contributed by atoms with Crippen molar-refractivity contribution >= 4 is 43.6 Å². The minimum atomic E-state index is 1.15. The Bertz CT molecular complexity index is 2840. The summed E-state index contributed by atoms with van der Waals surface area (Å²) in [6.45, 7) is 0. The molecule has 0 atom stereocenters. The first-order chi connectivity index (χ1) is 24.8. The number of hydrogen-bond acceptors (Lipinski definition) is 0. The molecule has 0 unspecified atom stereocenters. The Kier molecular flexibility index (Phi) is 6.53. The van der Waals surface area contributed by atoms with Gasteiger partial charge in [-0.15, -0.1) is 0 Å². The fourth-order valence-electron chi connectivity index (χ4n) is 7.75. The van der Waals surface area contributed by atoms with Crippen LogP contribution in [0.4, 0.5) is 0 Å². The predicted octanol–water partition coefficient (Wildman–Crippen LogP) is 12.9. The van der Waals surface area contributed by atoms with Crippen molar-refractivity contribution in [2.45, 2.75) is 0 Å². The van der Waals surface area contributed by atoms with Crippen LogP contribution in [0.15, 0.2) is 194 Å². The SMILES string of the molecule is c1ccc(-c2cccc(-n3c4ccccc4c4cc(-c5ccc(-n6c7ccccc7c7ccc(-c8ccccc8)cc76)cc5)ccc43)c2)cc1. The van der Waals surface area contributed by atoms with Crippen LogP contribution >= 0.6 is 0 Å². The first kappa shape index (κ1) is 28.4. The molecule has 10 aromatic rings. The lowest BCUT2D eigenvalue weighted by atomic mass is 10.0. The van der Waals surface area contributed by atoms with Crippen molar-refractivity contribution in [2.75, 3.05) is 0 Å². The average molecular weight is 637 g/mol. The van der Waals surface area contributed by atoms with Gasteiger partial charge in [-0.2, -0.15) is 0 Å². The Balaban J connectivity index is 1.08. The van der Waals surface area contributed by atoms with Crippen LogP contribution in [0.1, 0.15) is 0 Å². The fourth-order valence-corrected chi connectivity index (χ4v) is 7.75. The van der Waals surface area contributed by atoms with Crippen molar-refractivity contribution in [3.05, 3.63) is 194 Å². The number of hydrogen-bond donors (Lipinski definition) is 0. The number of benzene rings is 8. The minimum absolute atomic E-state index is 1.15. The second-order valence-electron chi connectivity index (χ2n) is 13.0. The summed E-state index contributed by atoms with van der Waals surface area (Å²) in [4.78, 5) is 0. The first-order valence-corrected chi connectivity index (χ1v) is 17.2. The van der Waals surface area contributed by atoms with E-state index >= 15 is 0 Å². The molecule has 2 heteroatoms. The van der Waals surface area contributed by atoms with E-state index in [9.17, 15) is 0 Å². The van der Waals surface area contributed by atoms with E-state index < -0.39 is 0 Å². The summed E-state index contributed by atoms with van der Waals surface area (Å²) in [6, 6.07) is 70.4. The molecule has 0 aliphatic rings. The van der Waals surface area contributed by atoms with Crippen LogP contribution in [0.2, 0.25) is 0 Å². The van der Waals surface area contributed by atoms with E-state index in [1.165, 1.54) is 77.0 Å². The van der Waals surface area contributed by atoms with Gasteiger partial charge in [0, 0.05) is 32.9 Å². The third-order valence-corrected chi connectivity index (χ3v) is 10.1. The third-order valence-electron chi connectivity index (χ3n) is 10.1. The fraction of sp³-hybridized carbons (Fsp3) is 0. The van der Waals surface area contributed by atoms with E-state index in [2.05, 4.69) is 203 Å². The first-order valence-electron chi connectivity index (χ1n) is 17.2. The maximum Gasteiger partial charge on any atom is 0.0547 e. The van der Waals surface area contributed by atoms with Crippen molar-refractivity contribution in [1.29, 1.82) is 0 Å². The van der Waals surface area contributed by atoms with E-state index in [-0.39, 0.29) is 0 Å². The topological polar surface area (TPSA) is 9.86 Å². The number of para-hydroxylation sites is 2. The molecule has 0 aliphatic carbocycles. The monoisotopic (exact) mass is 636 g/mol. The molecule has 0 saturated carbocycles. The minimum Gasteiger partial charge on any atom is -0.309 e. The maximum atomic E-state index is 2.40. The Morgan fingerprint density at radius 3 is 1.38 bits per heavy atom. The molecule has 2 nitrogen and oxygen atoms in total. The van der Waals surface area contributed by atoms with Crippen LogP contribution < -0.4 is 0 Å². The summed E-state index contributed by atoms with van der Waals surface area (Å²) in [6.07, 6.45) is 0. The van der Waals surface area contributed by atoms with Crippen LogP contribution in [-0.4, -0.2) is 9.13 Å². The molecule has 0 N–H and O–H groups in total. The third kappa shape index (κ3) is 4.57. The highest BCUT2D eigenvalue weighted by Crippen LogP contribution is 2.38. The lowest BCUT2D eigenvalue weighted by molar-refractivity contribution is 1.18. The lowest BCUT2D eigenvalue weighted by Gasteiger charge is -2.11. The molecule has 234 valence electrons. The van der Waals surface area contributed by atoms with Crippen molar-refractivity contribution in [3.8, 4) is 44.8 Å². The Morgan fingerprint density at radius 2 is 0.680 bits per heavy atom. The molecule has 0 fully saturated rings. The van der Waals surface area contributed by atoms with Crippen LogP contribution in [0, 0.1) is 0 Å². The van der Waals surface area contributed by atoms with Gasteiger partial charge in [-0.25, -0.2) is 0 Å². The van der Waals surface area contributed by atoms with Crippen molar-refractivity contribution in [2.24, 2.45) is 0 Å². The normalized spacial score (nSPS) is 11.6. The molecule has 50 heavy (non-hydrogen) atoms. The van der Waals surface area contributed by atoms with Crippen LogP contribution in [0.25, 0.3) is 88.4 Å². The number of rotatable bonds is 5. The number of nitrogens with zero attached hydrogens (tertiary/aromatic N) is 2. The van der Waals surface area contributed by atoms with Crippen molar-refractivity contribution in [3.63, 3.8) is 0 Å². The molecular formula is C48H32N2. The van der Waals surface area contributed by atoms with E-state index in [1.54, 1.807) is 0 Å². The van der Waals surface area contributed by atoms with Gasteiger partial charge in [-0.1, -0.05) is 140 Å². The average Bonchev–Trinajstić information content (AvgIpc) is 3.71. The zero-order chi connectivity index (χ0) is 33.0. The summed E-state index contributed by atoms with van der Waals surface area (Å²) in [5.41, 5.74) is 14.4. The highest BCUT2D eigenvalue weighted by atomic mass is 15.0. The van der Waals surface area contributed by atoms with Gasteiger partial charge in [0.15, 0.2) is 0 Å². The molecule has 0 bridgehead atoms. The van der Waals surface area contributed by atoms with Gasteiger partial charge in [0.05, 0.1) is 22.1 Å². The standard InChI is InChI=1S/C48H32N2/c1-3-12-33(13-4-1)36-16-11-17-40(30-36)50-46-21-10-8-19-42(46)44-31-37(25-29-47(44)50)35-22-26-39(27-23-35)49-45-20-9-7-18-41(45)43-28-24-38(32-48(43)49)34-14-5-2-6-15-34/h1-32H. The second kappa shape index (κ2) is 11.5. The van der Waals surface area contributed by atoms with Crippen LogP contribution in [0.3, 0.4) is 0 Å². The molecule has 0 saturated heterocycles. The van der Waals surface area contributed by atoms with Crippen molar-refractivity contribution < 1.29 is 0 Å². The molecule has 10 rings (SSSR count). The summed E-state index contributed by atoms with van der Waals surface area (Å²) < 4.78 is 4.80.